The molecule has 0 bridgehead atoms. The number of hydrogen-bond acceptors (Lipinski definition) is 2. The highest BCUT2D eigenvalue weighted by atomic mass is 35.5. The van der Waals surface area contributed by atoms with Gasteiger partial charge in [-0.1, -0.05) is 29.8 Å². The first-order valence-electron chi connectivity index (χ1n) is 7.06. The van der Waals surface area contributed by atoms with E-state index >= 15 is 0 Å². The maximum atomic E-state index is 13.1. The molecule has 24 heavy (non-hydrogen) atoms. The minimum atomic E-state index is -0.693. The van der Waals surface area contributed by atoms with Crippen LogP contribution in [0.25, 0.3) is 11.3 Å². The van der Waals surface area contributed by atoms with E-state index < -0.39 is 17.5 Å². The Morgan fingerprint density at radius 3 is 2.54 bits per heavy atom. The molecule has 0 unspecified atom stereocenters. The molecule has 0 saturated heterocycles. The molecule has 2 N–H and O–H groups in total. The van der Waals surface area contributed by atoms with E-state index in [9.17, 15) is 13.6 Å². The molecule has 0 aliphatic rings. The van der Waals surface area contributed by atoms with Gasteiger partial charge in [0.1, 0.15) is 17.3 Å². The molecule has 0 atom stereocenters. The zero-order valence-electron chi connectivity index (χ0n) is 12.3. The monoisotopic (exact) mass is 347 g/mol. The van der Waals surface area contributed by atoms with Crippen LogP contribution in [-0.4, -0.2) is 16.1 Å². The van der Waals surface area contributed by atoms with Crippen molar-refractivity contribution in [2.45, 2.75) is 6.54 Å². The molecule has 0 spiro atoms. The third kappa shape index (κ3) is 3.60. The van der Waals surface area contributed by atoms with Crippen LogP contribution >= 0.6 is 11.6 Å². The van der Waals surface area contributed by atoms with Crippen LogP contribution in [0.15, 0.2) is 48.5 Å². The zero-order valence-corrected chi connectivity index (χ0v) is 13.1. The summed E-state index contributed by atoms with van der Waals surface area (Å²) in [6, 6.07) is 11.8. The highest BCUT2D eigenvalue weighted by Gasteiger charge is 2.12. The standard InChI is InChI=1S/C17H12ClF2N3O/c18-14-4-2-1-3-13(14)15-8-16(23-22-15)17(24)21-9-10-5-11(19)7-12(20)6-10/h1-8H,9H2,(H,21,24)(H,22,23). The van der Waals surface area contributed by atoms with Gasteiger partial charge in [0.25, 0.3) is 5.91 Å². The Labute approximate surface area is 141 Å². The maximum absolute atomic E-state index is 13.1. The molecular formula is C17H12ClF2N3O. The SMILES string of the molecule is O=C(NCc1cc(F)cc(F)c1)c1cc(-c2ccccc2Cl)n[nH]1. The Morgan fingerprint density at radius 1 is 1.12 bits per heavy atom. The van der Waals surface area contributed by atoms with Crippen LogP contribution in [0.5, 0.6) is 0 Å². The Balaban J connectivity index is 1.71. The maximum Gasteiger partial charge on any atom is 0.269 e. The van der Waals surface area contributed by atoms with Gasteiger partial charge in [-0.3, -0.25) is 9.89 Å². The van der Waals surface area contributed by atoms with Crippen LogP contribution in [0.4, 0.5) is 8.78 Å². The number of H-pyrrole nitrogens is 1. The van der Waals surface area contributed by atoms with Crippen LogP contribution in [0.1, 0.15) is 16.1 Å². The number of rotatable bonds is 4. The number of aromatic nitrogens is 2. The molecule has 7 heteroatoms. The van der Waals surface area contributed by atoms with Crippen molar-refractivity contribution in [3.63, 3.8) is 0 Å². The van der Waals surface area contributed by atoms with Gasteiger partial charge >= 0.3 is 0 Å². The second kappa shape index (κ2) is 6.80. The first kappa shape index (κ1) is 16.1. The molecule has 2 aromatic carbocycles. The topological polar surface area (TPSA) is 57.8 Å². The van der Waals surface area contributed by atoms with Gasteiger partial charge in [-0.15, -0.1) is 0 Å². The highest BCUT2D eigenvalue weighted by Crippen LogP contribution is 2.26. The number of carbonyl (C=O) groups is 1. The third-order valence-corrected chi connectivity index (χ3v) is 3.68. The number of benzene rings is 2. The van der Waals surface area contributed by atoms with Crippen LogP contribution in [0, 0.1) is 11.6 Å². The summed E-state index contributed by atoms with van der Waals surface area (Å²) in [6.45, 7) is -0.00599. The highest BCUT2D eigenvalue weighted by molar-refractivity contribution is 6.33. The lowest BCUT2D eigenvalue weighted by Gasteiger charge is -2.04. The van der Waals surface area contributed by atoms with E-state index in [4.69, 9.17) is 11.6 Å². The summed E-state index contributed by atoms with van der Waals surface area (Å²) in [6.07, 6.45) is 0. The number of carbonyl (C=O) groups excluding carboxylic acids is 1. The number of halogens is 3. The van der Waals surface area contributed by atoms with Crippen molar-refractivity contribution in [1.29, 1.82) is 0 Å². The summed E-state index contributed by atoms with van der Waals surface area (Å²) < 4.78 is 26.2. The number of aromatic amines is 1. The smallest absolute Gasteiger partial charge is 0.269 e. The molecule has 0 radical (unpaired) electrons. The molecular weight excluding hydrogens is 336 g/mol. The Hall–Kier alpha value is -2.73. The minimum absolute atomic E-state index is 0.00599. The molecule has 3 rings (SSSR count). The van der Waals surface area contributed by atoms with Gasteiger partial charge in [0.2, 0.25) is 0 Å². The van der Waals surface area contributed by atoms with E-state index in [1.807, 2.05) is 6.07 Å². The molecule has 0 aliphatic heterocycles. The van der Waals surface area contributed by atoms with Gasteiger partial charge in [0, 0.05) is 18.2 Å². The predicted molar refractivity (Wildman–Crippen MR) is 86.6 cm³/mol. The van der Waals surface area contributed by atoms with Crippen molar-refractivity contribution < 1.29 is 13.6 Å². The Morgan fingerprint density at radius 2 is 1.83 bits per heavy atom. The predicted octanol–water partition coefficient (Wildman–Crippen LogP) is 3.94. The van der Waals surface area contributed by atoms with E-state index in [-0.39, 0.29) is 12.2 Å². The quantitative estimate of drug-likeness (QED) is 0.751. The zero-order chi connectivity index (χ0) is 17.1. The summed E-state index contributed by atoms with van der Waals surface area (Å²) in [5.74, 6) is -1.82. The van der Waals surface area contributed by atoms with Gasteiger partial charge < -0.3 is 5.32 Å². The number of hydrogen-bond donors (Lipinski definition) is 2. The van der Waals surface area contributed by atoms with Crippen LogP contribution in [0.2, 0.25) is 5.02 Å². The fourth-order valence-corrected chi connectivity index (χ4v) is 2.47. The number of nitrogens with zero attached hydrogens (tertiary/aromatic N) is 1. The summed E-state index contributed by atoms with van der Waals surface area (Å²) in [4.78, 5) is 12.1. The first-order valence-corrected chi connectivity index (χ1v) is 7.44. The second-order valence-corrected chi connectivity index (χ2v) is 5.51. The largest absolute Gasteiger partial charge is 0.347 e. The van der Waals surface area contributed by atoms with Crippen LogP contribution in [0.3, 0.4) is 0 Å². The number of amides is 1. The van der Waals surface area contributed by atoms with Crippen molar-refractivity contribution in [3.8, 4) is 11.3 Å². The lowest BCUT2D eigenvalue weighted by Crippen LogP contribution is -2.23. The van der Waals surface area contributed by atoms with Crippen molar-refractivity contribution in [1.82, 2.24) is 15.5 Å². The van der Waals surface area contributed by atoms with E-state index in [0.717, 1.165) is 18.2 Å². The summed E-state index contributed by atoms with van der Waals surface area (Å²) in [7, 11) is 0. The van der Waals surface area contributed by atoms with Gasteiger partial charge in [0.15, 0.2) is 0 Å². The van der Waals surface area contributed by atoms with Crippen molar-refractivity contribution in [2.24, 2.45) is 0 Å². The molecule has 1 amide bonds. The molecule has 0 saturated carbocycles. The van der Waals surface area contributed by atoms with Crippen LogP contribution in [-0.2, 0) is 6.54 Å². The summed E-state index contributed by atoms with van der Waals surface area (Å²) in [5.41, 5.74) is 1.78. The average Bonchev–Trinajstić information content (AvgIpc) is 3.02. The fourth-order valence-electron chi connectivity index (χ4n) is 2.24. The van der Waals surface area contributed by atoms with Gasteiger partial charge in [-0.25, -0.2) is 8.78 Å². The summed E-state index contributed by atoms with van der Waals surface area (Å²) in [5, 5.41) is 9.77. The second-order valence-electron chi connectivity index (χ2n) is 5.11. The van der Waals surface area contributed by atoms with Crippen molar-refractivity contribution >= 4 is 17.5 Å². The van der Waals surface area contributed by atoms with E-state index in [2.05, 4.69) is 15.5 Å². The van der Waals surface area contributed by atoms with Gasteiger partial charge in [-0.2, -0.15) is 5.10 Å². The first-order chi connectivity index (χ1) is 11.5. The third-order valence-electron chi connectivity index (χ3n) is 3.35. The lowest BCUT2D eigenvalue weighted by atomic mass is 10.1. The Kier molecular flexibility index (Phi) is 4.57. The van der Waals surface area contributed by atoms with E-state index in [1.165, 1.54) is 0 Å². The minimum Gasteiger partial charge on any atom is -0.347 e. The molecule has 0 aliphatic carbocycles. The molecule has 4 nitrogen and oxygen atoms in total. The normalized spacial score (nSPS) is 10.6. The molecule has 1 aromatic heterocycles. The van der Waals surface area contributed by atoms with Crippen molar-refractivity contribution in [3.05, 3.63) is 76.4 Å². The van der Waals surface area contributed by atoms with E-state index in [1.54, 1.807) is 24.3 Å². The van der Waals surface area contributed by atoms with Crippen LogP contribution < -0.4 is 5.32 Å². The fraction of sp³-hybridized carbons (Fsp3) is 0.0588. The molecule has 0 fully saturated rings. The van der Waals surface area contributed by atoms with E-state index in [0.29, 0.717) is 21.8 Å². The van der Waals surface area contributed by atoms with Gasteiger partial charge in [-0.05, 0) is 29.8 Å². The molecule has 122 valence electrons. The molecule has 3 aromatic rings. The number of nitrogens with one attached hydrogen (secondary N) is 2. The lowest BCUT2D eigenvalue weighted by molar-refractivity contribution is 0.0945. The Bertz CT molecular complexity index is 875. The summed E-state index contributed by atoms with van der Waals surface area (Å²) >= 11 is 6.09. The van der Waals surface area contributed by atoms with Crippen molar-refractivity contribution in [2.75, 3.05) is 0 Å². The van der Waals surface area contributed by atoms with Gasteiger partial charge in [0.05, 0.1) is 10.7 Å². The average molecular weight is 348 g/mol. The molecule has 1 heterocycles.